The molecule has 3 heteroatoms. The van der Waals surface area contributed by atoms with Gasteiger partial charge in [0.2, 0.25) is 0 Å². The molecule has 2 fully saturated rings. The maximum atomic E-state index is 13.9. The SMILES string of the molecule is CC(C)CCC[C@@H](C)[C@H]1CCC2C3=C(CC[C@@]21C)[C@@]1(C)CCC(c2cccc(C(=O)O)c2)CC1CC3=O. The molecule has 0 bridgehead atoms. The maximum absolute atomic E-state index is 13.9. The molecule has 0 aliphatic heterocycles. The van der Waals surface area contributed by atoms with Crippen LogP contribution in [0.3, 0.4) is 0 Å². The number of carbonyl (C=O) groups excluding carboxylic acids is 1. The summed E-state index contributed by atoms with van der Waals surface area (Å²) in [5, 5.41) is 9.46. The van der Waals surface area contributed by atoms with E-state index in [0.717, 1.165) is 49.0 Å². The second-order valence-electron chi connectivity index (χ2n) is 14.1. The van der Waals surface area contributed by atoms with E-state index in [4.69, 9.17) is 0 Å². The molecule has 0 spiro atoms. The van der Waals surface area contributed by atoms with E-state index >= 15 is 0 Å². The summed E-state index contributed by atoms with van der Waals surface area (Å²) >= 11 is 0. The van der Waals surface area contributed by atoms with Crippen molar-refractivity contribution >= 4 is 11.8 Å². The van der Waals surface area contributed by atoms with Gasteiger partial charge in [0.1, 0.15) is 0 Å². The lowest BCUT2D eigenvalue weighted by molar-refractivity contribution is -0.121. The van der Waals surface area contributed by atoms with Crippen LogP contribution in [-0.4, -0.2) is 16.9 Å². The van der Waals surface area contributed by atoms with Crippen LogP contribution < -0.4 is 0 Å². The van der Waals surface area contributed by atoms with Crippen molar-refractivity contribution in [3.05, 3.63) is 46.5 Å². The van der Waals surface area contributed by atoms with E-state index in [-0.39, 0.29) is 10.8 Å². The van der Waals surface area contributed by atoms with Gasteiger partial charge in [0, 0.05) is 6.42 Å². The summed E-state index contributed by atoms with van der Waals surface area (Å²) in [7, 11) is 0. The highest BCUT2D eigenvalue weighted by Gasteiger charge is 2.57. The number of allylic oxidation sites excluding steroid dienone is 2. The van der Waals surface area contributed by atoms with Gasteiger partial charge < -0.3 is 5.11 Å². The number of benzene rings is 1. The molecule has 202 valence electrons. The van der Waals surface area contributed by atoms with Gasteiger partial charge in [0.05, 0.1) is 5.56 Å². The Morgan fingerprint density at radius 2 is 1.86 bits per heavy atom. The summed E-state index contributed by atoms with van der Waals surface area (Å²) in [6, 6.07) is 7.50. The second-order valence-corrected chi connectivity index (χ2v) is 14.1. The molecule has 1 aromatic rings. The third-order valence-corrected chi connectivity index (χ3v) is 11.6. The first-order valence-electron chi connectivity index (χ1n) is 15.1. The lowest BCUT2D eigenvalue weighted by atomic mass is 9.49. The van der Waals surface area contributed by atoms with Crippen molar-refractivity contribution in [1.29, 1.82) is 0 Å². The van der Waals surface area contributed by atoms with Crippen molar-refractivity contribution < 1.29 is 14.7 Å². The van der Waals surface area contributed by atoms with Crippen molar-refractivity contribution in [2.45, 2.75) is 111 Å². The average Bonchev–Trinajstić information content (AvgIpc) is 3.21. The van der Waals surface area contributed by atoms with Crippen molar-refractivity contribution in [1.82, 2.24) is 0 Å². The molecule has 4 aliphatic rings. The van der Waals surface area contributed by atoms with Gasteiger partial charge >= 0.3 is 5.97 Å². The zero-order chi connectivity index (χ0) is 26.5. The van der Waals surface area contributed by atoms with Gasteiger partial charge in [0.25, 0.3) is 0 Å². The third-order valence-electron chi connectivity index (χ3n) is 11.6. The molecule has 4 aliphatic carbocycles. The highest BCUT2D eigenvalue weighted by Crippen LogP contribution is 2.66. The number of aromatic carboxylic acids is 1. The van der Waals surface area contributed by atoms with E-state index < -0.39 is 5.97 Å². The molecule has 0 radical (unpaired) electrons. The van der Waals surface area contributed by atoms with Gasteiger partial charge in [-0.15, -0.1) is 0 Å². The Morgan fingerprint density at radius 1 is 1.08 bits per heavy atom. The fourth-order valence-corrected chi connectivity index (χ4v) is 9.44. The lowest BCUT2D eigenvalue weighted by Gasteiger charge is -2.54. The standard InChI is InChI=1S/C34H48O3/c1-21(2)8-6-9-22(3)27-12-13-28-31-29(15-17-34(27,28)5)33(4)16-14-24(19-26(33)20-30(31)35)23-10-7-11-25(18-23)32(36)37/h7,10-11,18,21-22,24,26-28H,6,8-9,12-17,19-20H2,1-5H3,(H,36,37)/t22-,24?,26?,27-,28?,33+,34-/m1/s1. The Bertz CT molecular complexity index is 1080. The van der Waals surface area contributed by atoms with Gasteiger partial charge in [-0.25, -0.2) is 4.79 Å². The van der Waals surface area contributed by atoms with Crippen molar-refractivity contribution in [3.63, 3.8) is 0 Å². The Labute approximate surface area is 224 Å². The van der Waals surface area contributed by atoms with Gasteiger partial charge in [-0.1, -0.05) is 71.6 Å². The van der Waals surface area contributed by atoms with Crippen molar-refractivity contribution in [2.75, 3.05) is 0 Å². The minimum Gasteiger partial charge on any atom is -0.478 e. The Balaban J connectivity index is 1.36. The molecule has 0 aromatic heterocycles. The van der Waals surface area contributed by atoms with Crippen molar-refractivity contribution in [3.8, 4) is 0 Å². The number of fused-ring (bicyclic) bond motifs is 4. The first kappa shape index (κ1) is 26.7. The number of Topliss-reactive ketones (excluding diaryl/α,β-unsaturated/α-hetero) is 1. The van der Waals surface area contributed by atoms with E-state index in [1.807, 2.05) is 12.1 Å². The molecule has 37 heavy (non-hydrogen) atoms. The molecular weight excluding hydrogens is 456 g/mol. The van der Waals surface area contributed by atoms with E-state index in [1.165, 1.54) is 49.7 Å². The number of hydrogen-bond donors (Lipinski definition) is 1. The molecule has 1 aromatic carbocycles. The number of carboxylic acids is 1. The number of ketones is 1. The van der Waals surface area contributed by atoms with Gasteiger partial charge in [0.15, 0.2) is 5.78 Å². The monoisotopic (exact) mass is 504 g/mol. The summed E-state index contributed by atoms with van der Waals surface area (Å²) < 4.78 is 0. The number of rotatable bonds is 7. The van der Waals surface area contributed by atoms with Crippen LogP contribution >= 0.6 is 0 Å². The first-order valence-corrected chi connectivity index (χ1v) is 15.1. The van der Waals surface area contributed by atoms with Gasteiger partial charge in [-0.3, -0.25) is 4.79 Å². The zero-order valence-corrected chi connectivity index (χ0v) is 23.8. The highest BCUT2D eigenvalue weighted by molar-refractivity contribution is 5.98. The summed E-state index contributed by atoms with van der Waals surface area (Å²) in [5.41, 5.74) is 4.72. The largest absolute Gasteiger partial charge is 0.478 e. The van der Waals surface area contributed by atoms with E-state index in [2.05, 4.69) is 40.7 Å². The minimum absolute atomic E-state index is 0.131. The second kappa shape index (κ2) is 10.0. The number of carboxylic acid groups (broad SMARTS) is 1. The molecule has 7 atom stereocenters. The summed E-state index contributed by atoms with van der Waals surface area (Å²) in [4.78, 5) is 25.4. The summed E-state index contributed by atoms with van der Waals surface area (Å²) in [5.74, 6) is 3.05. The van der Waals surface area contributed by atoms with Gasteiger partial charge in [-0.2, -0.15) is 0 Å². The van der Waals surface area contributed by atoms with E-state index in [1.54, 1.807) is 6.07 Å². The number of carbonyl (C=O) groups is 2. The molecule has 3 unspecified atom stereocenters. The third kappa shape index (κ3) is 4.63. The molecule has 1 N–H and O–H groups in total. The first-order chi connectivity index (χ1) is 17.5. The summed E-state index contributed by atoms with van der Waals surface area (Å²) in [6.45, 7) is 12.1. The normalized spacial score (nSPS) is 36.2. The van der Waals surface area contributed by atoms with Gasteiger partial charge in [-0.05, 0) is 115 Å². The fourth-order valence-electron chi connectivity index (χ4n) is 9.44. The molecular formula is C34H48O3. The number of hydrogen-bond acceptors (Lipinski definition) is 2. The van der Waals surface area contributed by atoms with E-state index in [0.29, 0.717) is 35.5 Å². The smallest absolute Gasteiger partial charge is 0.335 e. The zero-order valence-electron chi connectivity index (χ0n) is 23.8. The molecule has 0 amide bonds. The maximum Gasteiger partial charge on any atom is 0.335 e. The molecule has 0 heterocycles. The van der Waals surface area contributed by atoms with Crippen LogP contribution in [0.25, 0.3) is 0 Å². The molecule has 2 saturated carbocycles. The van der Waals surface area contributed by atoms with Crippen LogP contribution in [0.2, 0.25) is 0 Å². The van der Waals surface area contributed by atoms with Crippen molar-refractivity contribution in [2.24, 2.45) is 40.4 Å². The predicted molar refractivity (Wildman–Crippen MR) is 150 cm³/mol. The average molecular weight is 505 g/mol. The Kier molecular flexibility index (Phi) is 7.22. The van der Waals surface area contributed by atoms with Crippen LogP contribution in [0.1, 0.15) is 127 Å². The molecule has 3 nitrogen and oxygen atoms in total. The van der Waals surface area contributed by atoms with Crippen LogP contribution in [0.4, 0.5) is 0 Å². The topological polar surface area (TPSA) is 54.4 Å². The van der Waals surface area contributed by atoms with Crippen LogP contribution in [0.15, 0.2) is 35.4 Å². The van der Waals surface area contributed by atoms with Crippen LogP contribution in [0.5, 0.6) is 0 Å². The lowest BCUT2D eigenvalue weighted by Crippen LogP contribution is -2.47. The predicted octanol–water partition coefficient (Wildman–Crippen LogP) is 8.83. The summed E-state index contributed by atoms with van der Waals surface area (Å²) in [6.07, 6.45) is 12.7. The molecule has 5 rings (SSSR count). The minimum atomic E-state index is -0.862. The fraction of sp³-hybridized carbons (Fsp3) is 0.706. The molecule has 0 saturated heterocycles. The Morgan fingerprint density at radius 3 is 2.59 bits per heavy atom. The Hall–Kier alpha value is -1.90. The van der Waals surface area contributed by atoms with Crippen LogP contribution in [0, 0.1) is 40.4 Å². The highest BCUT2D eigenvalue weighted by atomic mass is 16.4. The quantitative estimate of drug-likeness (QED) is 0.403. The van der Waals surface area contributed by atoms with Crippen LogP contribution in [-0.2, 0) is 4.79 Å². The van der Waals surface area contributed by atoms with E-state index in [9.17, 15) is 14.7 Å².